The molecule has 1 aromatic carbocycles. The lowest BCUT2D eigenvalue weighted by atomic mass is 10.1. The highest BCUT2D eigenvalue weighted by atomic mass is 32.2. The fraction of sp³-hybridized carbons (Fsp3) is 0.438. The Labute approximate surface area is 131 Å². The van der Waals surface area contributed by atoms with Gasteiger partial charge in [0.2, 0.25) is 10.0 Å². The minimum Gasteiger partial charge on any atom is -0.318 e. The van der Waals surface area contributed by atoms with Gasteiger partial charge in [-0.25, -0.2) is 8.42 Å². The van der Waals surface area contributed by atoms with Crippen molar-refractivity contribution >= 4 is 20.9 Å². The normalized spacial score (nSPS) is 19.8. The first kappa shape index (κ1) is 15.4. The monoisotopic (exact) mass is 319 g/mol. The van der Waals surface area contributed by atoms with Gasteiger partial charge in [0.15, 0.2) is 0 Å². The van der Waals surface area contributed by atoms with Crippen LogP contribution in [0.4, 0.5) is 0 Å². The lowest BCUT2D eigenvalue weighted by Crippen LogP contribution is -2.41. The third-order valence-electron chi connectivity index (χ3n) is 4.17. The molecule has 0 unspecified atom stereocenters. The second-order valence-corrected chi connectivity index (χ2v) is 7.63. The molecule has 0 spiro atoms. The van der Waals surface area contributed by atoms with Crippen LogP contribution in [0.3, 0.4) is 0 Å². The lowest BCUT2D eigenvalue weighted by molar-refractivity contribution is 0.378. The molecule has 0 bridgehead atoms. The number of nitrogens with zero attached hydrogens (tertiary/aromatic N) is 2. The van der Waals surface area contributed by atoms with Gasteiger partial charge < -0.3 is 5.32 Å². The van der Waals surface area contributed by atoms with E-state index in [2.05, 4.69) is 10.3 Å². The quantitative estimate of drug-likeness (QED) is 0.912. The summed E-state index contributed by atoms with van der Waals surface area (Å²) in [4.78, 5) is 4.35. The Hall–Kier alpha value is -1.50. The molecule has 1 saturated heterocycles. The Morgan fingerprint density at radius 2 is 2.14 bits per heavy atom. The van der Waals surface area contributed by atoms with Crippen LogP contribution in [0.2, 0.25) is 0 Å². The molecule has 2 heterocycles. The lowest BCUT2D eigenvalue weighted by Gasteiger charge is -2.24. The predicted octanol–water partition coefficient (Wildman–Crippen LogP) is 1.75. The number of para-hydroxylation sites is 1. The van der Waals surface area contributed by atoms with Gasteiger partial charge in [0, 0.05) is 30.7 Å². The topological polar surface area (TPSA) is 62.3 Å². The zero-order valence-corrected chi connectivity index (χ0v) is 13.5. The van der Waals surface area contributed by atoms with Crippen molar-refractivity contribution in [3.8, 4) is 0 Å². The highest BCUT2D eigenvalue weighted by Crippen LogP contribution is 2.25. The molecule has 2 aromatic rings. The van der Waals surface area contributed by atoms with Crippen molar-refractivity contribution in [3.05, 3.63) is 42.1 Å². The minimum atomic E-state index is -3.32. The number of fused-ring (bicyclic) bond motifs is 1. The second-order valence-electron chi connectivity index (χ2n) is 5.71. The summed E-state index contributed by atoms with van der Waals surface area (Å²) < 4.78 is 27.3. The summed E-state index contributed by atoms with van der Waals surface area (Å²) >= 11 is 0. The van der Waals surface area contributed by atoms with Crippen LogP contribution in [0.1, 0.15) is 18.4 Å². The maximum atomic E-state index is 12.8. The number of aromatic nitrogens is 1. The van der Waals surface area contributed by atoms with Crippen molar-refractivity contribution in [2.24, 2.45) is 0 Å². The summed E-state index contributed by atoms with van der Waals surface area (Å²) in [6.07, 6.45) is 3.56. The SMILES string of the molecule is CNC[C@@H]1CCCN1S(=O)(=O)Cc1cccc2cccnc12. The number of pyridine rings is 1. The first-order chi connectivity index (χ1) is 10.6. The molecule has 1 fully saturated rings. The highest BCUT2D eigenvalue weighted by Gasteiger charge is 2.33. The van der Waals surface area contributed by atoms with Crippen LogP contribution in [0, 0.1) is 0 Å². The molecule has 118 valence electrons. The van der Waals surface area contributed by atoms with Crippen LogP contribution < -0.4 is 5.32 Å². The van der Waals surface area contributed by atoms with Crippen molar-refractivity contribution in [2.45, 2.75) is 24.6 Å². The van der Waals surface area contributed by atoms with Crippen molar-refractivity contribution in [1.29, 1.82) is 0 Å². The van der Waals surface area contributed by atoms with E-state index in [0.717, 1.165) is 29.3 Å². The minimum absolute atomic E-state index is 0.0154. The standard InChI is InChI=1S/C16H21N3O2S/c1-17-11-15-8-4-10-19(15)22(20,21)12-14-6-2-5-13-7-3-9-18-16(13)14/h2-3,5-7,9,15,17H,4,8,10-12H2,1H3/t15-/m0/s1. The van der Waals surface area contributed by atoms with E-state index in [0.29, 0.717) is 13.1 Å². The molecular weight excluding hydrogens is 298 g/mol. The van der Waals surface area contributed by atoms with Crippen LogP contribution in [0.5, 0.6) is 0 Å². The maximum absolute atomic E-state index is 12.8. The van der Waals surface area contributed by atoms with Gasteiger partial charge in [0.25, 0.3) is 0 Å². The molecule has 1 N–H and O–H groups in total. The molecule has 3 rings (SSSR count). The van der Waals surface area contributed by atoms with Crippen LogP contribution in [0.25, 0.3) is 10.9 Å². The van der Waals surface area contributed by atoms with Gasteiger partial charge in [-0.15, -0.1) is 0 Å². The van der Waals surface area contributed by atoms with E-state index < -0.39 is 10.0 Å². The number of sulfonamides is 1. The summed E-state index contributed by atoms with van der Waals surface area (Å²) in [7, 11) is -1.46. The molecule has 0 aliphatic carbocycles. The summed E-state index contributed by atoms with van der Waals surface area (Å²) in [5.74, 6) is 0.0154. The predicted molar refractivity (Wildman–Crippen MR) is 88.0 cm³/mol. The number of likely N-dealkylation sites (N-methyl/N-ethyl adjacent to an activating group) is 1. The van der Waals surface area contributed by atoms with E-state index in [-0.39, 0.29) is 11.8 Å². The first-order valence-corrected chi connectivity index (χ1v) is 9.19. The van der Waals surface area contributed by atoms with E-state index >= 15 is 0 Å². The zero-order chi connectivity index (χ0) is 15.6. The third kappa shape index (κ3) is 2.99. The smallest absolute Gasteiger partial charge is 0.218 e. The molecule has 0 saturated carbocycles. The molecule has 22 heavy (non-hydrogen) atoms. The van der Waals surface area contributed by atoms with Crippen LogP contribution in [-0.4, -0.2) is 43.9 Å². The van der Waals surface area contributed by atoms with Crippen molar-refractivity contribution in [1.82, 2.24) is 14.6 Å². The van der Waals surface area contributed by atoms with Crippen LogP contribution >= 0.6 is 0 Å². The van der Waals surface area contributed by atoms with Crippen molar-refractivity contribution in [2.75, 3.05) is 20.1 Å². The molecule has 6 heteroatoms. The molecule has 1 atom stereocenters. The van der Waals surface area contributed by atoms with E-state index in [1.165, 1.54) is 0 Å². The second kappa shape index (κ2) is 6.32. The van der Waals surface area contributed by atoms with Crippen molar-refractivity contribution < 1.29 is 8.42 Å². The Balaban J connectivity index is 1.90. The van der Waals surface area contributed by atoms with E-state index in [4.69, 9.17) is 0 Å². The van der Waals surface area contributed by atoms with Crippen molar-refractivity contribution in [3.63, 3.8) is 0 Å². The number of hydrogen-bond acceptors (Lipinski definition) is 4. The van der Waals surface area contributed by atoms with Gasteiger partial charge in [0.1, 0.15) is 0 Å². The van der Waals surface area contributed by atoms with Gasteiger partial charge >= 0.3 is 0 Å². The van der Waals surface area contributed by atoms with Gasteiger partial charge in [0.05, 0.1) is 11.3 Å². The molecule has 0 radical (unpaired) electrons. The fourth-order valence-electron chi connectivity index (χ4n) is 3.18. The fourth-order valence-corrected chi connectivity index (χ4v) is 5.01. The summed E-state index contributed by atoms with van der Waals surface area (Å²) in [5, 5.41) is 4.06. The molecule has 1 aliphatic heterocycles. The van der Waals surface area contributed by atoms with E-state index in [9.17, 15) is 8.42 Å². The Bertz CT molecular complexity index is 756. The number of benzene rings is 1. The maximum Gasteiger partial charge on any atom is 0.218 e. The molecular formula is C16H21N3O2S. The summed E-state index contributed by atoms with van der Waals surface area (Å²) in [6, 6.07) is 9.60. The van der Waals surface area contributed by atoms with Gasteiger partial charge in [-0.3, -0.25) is 4.98 Å². The zero-order valence-electron chi connectivity index (χ0n) is 12.7. The molecule has 1 aromatic heterocycles. The third-order valence-corrected chi connectivity index (χ3v) is 6.05. The van der Waals surface area contributed by atoms with Gasteiger partial charge in [-0.1, -0.05) is 24.3 Å². The average Bonchev–Trinajstić information content (AvgIpc) is 2.97. The van der Waals surface area contributed by atoms with E-state index in [1.54, 1.807) is 10.5 Å². The summed E-state index contributed by atoms with van der Waals surface area (Å²) in [6.45, 7) is 1.32. The Morgan fingerprint density at radius 1 is 1.32 bits per heavy atom. The van der Waals surface area contributed by atoms with Crippen LogP contribution in [-0.2, 0) is 15.8 Å². The number of rotatable bonds is 5. The first-order valence-electron chi connectivity index (χ1n) is 7.58. The highest BCUT2D eigenvalue weighted by molar-refractivity contribution is 7.88. The Morgan fingerprint density at radius 3 is 2.95 bits per heavy atom. The van der Waals surface area contributed by atoms with Crippen LogP contribution in [0.15, 0.2) is 36.5 Å². The van der Waals surface area contributed by atoms with Gasteiger partial charge in [-0.2, -0.15) is 4.31 Å². The average molecular weight is 319 g/mol. The largest absolute Gasteiger partial charge is 0.318 e. The molecule has 5 nitrogen and oxygen atoms in total. The number of nitrogens with one attached hydrogen (secondary N) is 1. The molecule has 1 aliphatic rings. The Kier molecular flexibility index (Phi) is 4.42. The number of hydrogen-bond donors (Lipinski definition) is 1. The van der Waals surface area contributed by atoms with E-state index in [1.807, 2.05) is 37.4 Å². The molecule has 0 amide bonds. The summed E-state index contributed by atoms with van der Waals surface area (Å²) in [5.41, 5.74) is 1.55. The van der Waals surface area contributed by atoms with Gasteiger partial charge in [-0.05, 0) is 31.5 Å².